The summed E-state index contributed by atoms with van der Waals surface area (Å²) >= 11 is 0. The molecule has 0 atom stereocenters. The van der Waals surface area contributed by atoms with Crippen LogP contribution in [0.3, 0.4) is 0 Å². The molecule has 0 aliphatic heterocycles. The Bertz CT molecular complexity index is 572. The molecular weight excluding hydrogens is 255 g/mol. The number of benzene rings is 1. The standard InChI is InChI=1S/C16H19FN2O/c1-3-6-18-9-13-8-14(11-19-10-13)20-16-7-12(2)4-5-15(16)17/h4-5,7-8,10-11,18H,3,6,9H2,1-2H3. The number of hydrogen-bond acceptors (Lipinski definition) is 3. The molecule has 4 heteroatoms. The molecule has 0 aliphatic carbocycles. The van der Waals surface area contributed by atoms with E-state index in [0.29, 0.717) is 5.75 Å². The third kappa shape index (κ3) is 4.03. The first-order valence-corrected chi connectivity index (χ1v) is 6.77. The Hall–Kier alpha value is -1.94. The Morgan fingerprint density at radius 2 is 2.10 bits per heavy atom. The van der Waals surface area contributed by atoms with Gasteiger partial charge >= 0.3 is 0 Å². The normalized spacial score (nSPS) is 10.6. The average molecular weight is 274 g/mol. The molecule has 0 saturated carbocycles. The van der Waals surface area contributed by atoms with Crippen LogP contribution in [-0.2, 0) is 6.54 Å². The van der Waals surface area contributed by atoms with Crippen molar-refractivity contribution < 1.29 is 9.13 Å². The Kier molecular flexibility index (Phi) is 5.07. The molecule has 1 aromatic heterocycles. The van der Waals surface area contributed by atoms with Gasteiger partial charge in [-0.25, -0.2) is 4.39 Å². The smallest absolute Gasteiger partial charge is 0.165 e. The summed E-state index contributed by atoms with van der Waals surface area (Å²) in [5.74, 6) is 0.404. The van der Waals surface area contributed by atoms with Gasteiger partial charge in [0.25, 0.3) is 0 Å². The summed E-state index contributed by atoms with van der Waals surface area (Å²) in [5, 5.41) is 3.29. The van der Waals surface area contributed by atoms with Gasteiger partial charge in [0.2, 0.25) is 0 Å². The van der Waals surface area contributed by atoms with E-state index < -0.39 is 0 Å². The van der Waals surface area contributed by atoms with Gasteiger partial charge in [-0.15, -0.1) is 0 Å². The predicted molar refractivity (Wildman–Crippen MR) is 77.4 cm³/mol. The van der Waals surface area contributed by atoms with Crippen molar-refractivity contribution in [2.75, 3.05) is 6.54 Å². The summed E-state index contributed by atoms with van der Waals surface area (Å²) < 4.78 is 19.2. The number of rotatable bonds is 6. The highest BCUT2D eigenvalue weighted by atomic mass is 19.1. The Labute approximate surface area is 118 Å². The van der Waals surface area contributed by atoms with Gasteiger partial charge < -0.3 is 10.1 Å². The molecule has 1 heterocycles. The Morgan fingerprint density at radius 1 is 1.25 bits per heavy atom. The van der Waals surface area contributed by atoms with Crippen LogP contribution < -0.4 is 10.1 Å². The predicted octanol–water partition coefficient (Wildman–Crippen LogP) is 3.82. The molecule has 0 radical (unpaired) electrons. The first-order valence-electron chi connectivity index (χ1n) is 6.77. The molecule has 0 spiro atoms. The minimum Gasteiger partial charge on any atom is -0.453 e. The van der Waals surface area contributed by atoms with Crippen molar-refractivity contribution in [1.29, 1.82) is 0 Å². The van der Waals surface area contributed by atoms with Crippen molar-refractivity contribution in [3.8, 4) is 11.5 Å². The van der Waals surface area contributed by atoms with Crippen LogP contribution in [-0.4, -0.2) is 11.5 Å². The summed E-state index contributed by atoms with van der Waals surface area (Å²) in [7, 11) is 0. The molecular formula is C16H19FN2O. The van der Waals surface area contributed by atoms with Crippen molar-refractivity contribution in [3.05, 3.63) is 53.6 Å². The van der Waals surface area contributed by atoms with E-state index in [9.17, 15) is 4.39 Å². The van der Waals surface area contributed by atoms with Crippen LogP contribution in [0.5, 0.6) is 11.5 Å². The molecule has 0 amide bonds. The third-order valence-corrected chi connectivity index (χ3v) is 2.84. The molecule has 2 rings (SSSR count). The van der Waals surface area contributed by atoms with Crippen LogP contribution in [0.15, 0.2) is 36.7 Å². The summed E-state index contributed by atoms with van der Waals surface area (Å²) in [6.07, 6.45) is 4.45. The van der Waals surface area contributed by atoms with Gasteiger partial charge in [0.1, 0.15) is 5.75 Å². The number of hydrogen-bond donors (Lipinski definition) is 1. The first kappa shape index (κ1) is 14.5. The minimum absolute atomic E-state index is 0.227. The van der Waals surface area contributed by atoms with E-state index in [1.807, 2.05) is 13.0 Å². The molecule has 0 bridgehead atoms. The van der Waals surface area contributed by atoms with Gasteiger partial charge in [-0.2, -0.15) is 0 Å². The van der Waals surface area contributed by atoms with E-state index in [0.717, 1.165) is 30.6 Å². The fourth-order valence-electron chi connectivity index (χ4n) is 1.84. The maximum Gasteiger partial charge on any atom is 0.165 e. The van der Waals surface area contributed by atoms with Gasteiger partial charge in [0.05, 0.1) is 6.20 Å². The van der Waals surface area contributed by atoms with Crippen molar-refractivity contribution >= 4 is 0 Å². The molecule has 0 aliphatic rings. The monoisotopic (exact) mass is 274 g/mol. The highest BCUT2D eigenvalue weighted by Crippen LogP contribution is 2.25. The zero-order valence-electron chi connectivity index (χ0n) is 11.8. The van der Waals surface area contributed by atoms with Gasteiger partial charge in [0, 0.05) is 12.7 Å². The number of aromatic nitrogens is 1. The van der Waals surface area contributed by atoms with Crippen LogP contribution in [0.4, 0.5) is 4.39 Å². The van der Waals surface area contributed by atoms with E-state index in [4.69, 9.17) is 4.74 Å². The van der Waals surface area contributed by atoms with Crippen LogP contribution in [0.1, 0.15) is 24.5 Å². The second-order valence-corrected chi connectivity index (χ2v) is 4.74. The highest BCUT2D eigenvalue weighted by Gasteiger charge is 2.06. The maximum atomic E-state index is 13.6. The van der Waals surface area contributed by atoms with Crippen LogP contribution in [0.2, 0.25) is 0 Å². The lowest BCUT2D eigenvalue weighted by atomic mass is 10.2. The highest BCUT2D eigenvalue weighted by molar-refractivity contribution is 5.34. The number of pyridine rings is 1. The molecule has 2 aromatic rings. The Balaban J connectivity index is 2.09. The number of nitrogens with zero attached hydrogens (tertiary/aromatic N) is 1. The molecule has 1 aromatic carbocycles. The van der Waals surface area contributed by atoms with Crippen molar-refractivity contribution in [1.82, 2.24) is 10.3 Å². The van der Waals surface area contributed by atoms with E-state index in [2.05, 4.69) is 17.2 Å². The lowest BCUT2D eigenvalue weighted by Crippen LogP contribution is -2.13. The van der Waals surface area contributed by atoms with Gasteiger partial charge in [-0.1, -0.05) is 13.0 Å². The third-order valence-electron chi connectivity index (χ3n) is 2.84. The number of ether oxygens (including phenoxy) is 1. The average Bonchev–Trinajstić information content (AvgIpc) is 2.44. The van der Waals surface area contributed by atoms with Crippen LogP contribution in [0, 0.1) is 12.7 Å². The number of aryl methyl sites for hydroxylation is 1. The minimum atomic E-state index is -0.370. The summed E-state index contributed by atoms with van der Waals surface area (Å²) in [6, 6.07) is 6.67. The molecule has 3 nitrogen and oxygen atoms in total. The van der Waals surface area contributed by atoms with Gasteiger partial charge in [0.15, 0.2) is 11.6 Å². The number of halogens is 1. The van der Waals surface area contributed by atoms with Crippen LogP contribution >= 0.6 is 0 Å². The summed E-state index contributed by atoms with van der Waals surface area (Å²) in [4.78, 5) is 4.12. The van der Waals surface area contributed by atoms with Crippen molar-refractivity contribution in [2.45, 2.75) is 26.8 Å². The first-order chi connectivity index (χ1) is 9.69. The van der Waals surface area contributed by atoms with Gasteiger partial charge in [-0.3, -0.25) is 4.98 Å². The second-order valence-electron chi connectivity index (χ2n) is 4.74. The second kappa shape index (κ2) is 7.01. The molecule has 0 saturated heterocycles. The molecule has 0 fully saturated rings. The maximum absolute atomic E-state index is 13.6. The molecule has 106 valence electrons. The van der Waals surface area contributed by atoms with Crippen LogP contribution in [0.25, 0.3) is 0 Å². The Morgan fingerprint density at radius 3 is 2.90 bits per heavy atom. The lowest BCUT2D eigenvalue weighted by Gasteiger charge is -2.09. The number of nitrogens with one attached hydrogen (secondary N) is 1. The molecule has 1 N–H and O–H groups in total. The molecule has 20 heavy (non-hydrogen) atoms. The summed E-state index contributed by atoms with van der Waals surface area (Å²) in [6.45, 7) is 5.70. The SMILES string of the molecule is CCCNCc1cncc(Oc2cc(C)ccc2F)c1. The van der Waals surface area contributed by atoms with E-state index in [1.54, 1.807) is 24.5 Å². The van der Waals surface area contributed by atoms with Gasteiger partial charge in [-0.05, 0) is 49.2 Å². The van der Waals surface area contributed by atoms with E-state index in [1.165, 1.54) is 6.07 Å². The van der Waals surface area contributed by atoms with E-state index >= 15 is 0 Å². The topological polar surface area (TPSA) is 34.2 Å². The molecule has 0 unspecified atom stereocenters. The fraction of sp³-hybridized carbons (Fsp3) is 0.312. The fourth-order valence-corrected chi connectivity index (χ4v) is 1.84. The summed E-state index contributed by atoms with van der Waals surface area (Å²) in [5.41, 5.74) is 1.97. The zero-order chi connectivity index (χ0) is 14.4. The quantitative estimate of drug-likeness (QED) is 0.813. The largest absolute Gasteiger partial charge is 0.453 e. The van der Waals surface area contributed by atoms with E-state index in [-0.39, 0.29) is 11.6 Å². The zero-order valence-corrected chi connectivity index (χ0v) is 11.8. The lowest BCUT2D eigenvalue weighted by molar-refractivity contribution is 0.439. The van der Waals surface area contributed by atoms with Crippen molar-refractivity contribution in [2.24, 2.45) is 0 Å². The van der Waals surface area contributed by atoms with Crippen molar-refractivity contribution in [3.63, 3.8) is 0 Å².